The molecule has 0 radical (unpaired) electrons. The van der Waals surface area contributed by atoms with Crippen LogP contribution in [0.15, 0.2) is 64.0 Å². The van der Waals surface area contributed by atoms with E-state index in [0.29, 0.717) is 10.2 Å². The molecule has 0 atom stereocenters. The number of fused-ring (bicyclic) bond motifs is 1. The van der Waals surface area contributed by atoms with Gasteiger partial charge in [0.2, 0.25) is 10.0 Å². The number of sulfonamides is 1. The van der Waals surface area contributed by atoms with E-state index >= 15 is 0 Å². The molecule has 0 heterocycles. The molecular weight excluding hydrogens is 418 g/mol. The lowest BCUT2D eigenvalue weighted by Gasteiger charge is -2.12. The van der Waals surface area contributed by atoms with Crippen molar-refractivity contribution in [2.45, 2.75) is 11.4 Å². The Morgan fingerprint density at radius 3 is 2.38 bits per heavy atom. The smallest absolute Gasteiger partial charge is 0.244 e. The van der Waals surface area contributed by atoms with Crippen LogP contribution in [0.4, 0.5) is 0 Å². The van der Waals surface area contributed by atoms with Gasteiger partial charge in [-0.05, 0) is 52.7 Å². The zero-order valence-electron chi connectivity index (χ0n) is 14.3. The molecule has 0 aliphatic heterocycles. The van der Waals surface area contributed by atoms with Crippen LogP contribution in [0.1, 0.15) is 5.56 Å². The standard InChI is InChI=1S/C19H18BrNO4S/c1-24-17-7-5-14-9-13(3-4-15(14)10-17)12-21-26(22,23)19-11-16(20)6-8-18(19)25-2/h3-11,21H,12H2,1-2H3. The molecule has 0 saturated carbocycles. The molecule has 3 aromatic rings. The lowest BCUT2D eigenvalue weighted by atomic mass is 10.1. The van der Waals surface area contributed by atoms with Crippen LogP contribution in [0.3, 0.4) is 0 Å². The Bertz CT molecular complexity index is 1050. The fourth-order valence-corrected chi connectivity index (χ4v) is 4.35. The lowest BCUT2D eigenvalue weighted by molar-refractivity contribution is 0.402. The van der Waals surface area contributed by atoms with Gasteiger partial charge in [0.15, 0.2) is 0 Å². The first-order valence-electron chi connectivity index (χ1n) is 7.83. The van der Waals surface area contributed by atoms with Crippen molar-refractivity contribution in [2.24, 2.45) is 0 Å². The molecule has 0 unspecified atom stereocenters. The predicted octanol–water partition coefficient (Wildman–Crippen LogP) is 4.10. The molecule has 0 amide bonds. The maximum absolute atomic E-state index is 12.7. The van der Waals surface area contributed by atoms with E-state index in [0.717, 1.165) is 22.1 Å². The third kappa shape index (κ3) is 4.00. The van der Waals surface area contributed by atoms with E-state index in [2.05, 4.69) is 20.7 Å². The van der Waals surface area contributed by atoms with Crippen molar-refractivity contribution < 1.29 is 17.9 Å². The van der Waals surface area contributed by atoms with Gasteiger partial charge >= 0.3 is 0 Å². The second-order valence-corrected chi connectivity index (χ2v) is 8.32. The van der Waals surface area contributed by atoms with Gasteiger partial charge in [0, 0.05) is 11.0 Å². The molecule has 0 spiro atoms. The zero-order chi connectivity index (χ0) is 18.7. The highest BCUT2D eigenvalue weighted by molar-refractivity contribution is 9.10. The minimum absolute atomic E-state index is 0.0971. The van der Waals surface area contributed by atoms with E-state index < -0.39 is 10.0 Å². The average Bonchev–Trinajstić information content (AvgIpc) is 2.65. The van der Waals surface area contributed by atoms with E-state index in [1.54, 1.807) is 19.2 Å². The van der Waals surface area contributed by atoms with Gasteiger partial charge in [0.05, 0.1) is 14.2 Å². The largest absolute Gasteiger partial charge is 0.497 e. The number of ether oxygens (including phenoxy) is 2. The first kappa shape index (κ1) is 18.7. The van der Waals surface area contributed by atoms with Crippen molar-refractivity contribution in [2.75, 3.05) is 14.2 Å². The number of hydrogen-bond donors (Lipinski definition) is 1. The molecule has 0 aromatic heterocycles. The Labute approximate surface area is 161 Å². The van der Waals surface area contributed by atoms with Gasteiger partial charge in [-0.15, -0.1) is 0 Å². The Morgan fingerprint density at radius 2 is 1.65 bits per heavy atom. The van der Waals surface area contributed by atoms with Crippen LogP contribution in [0, 0.1) is 0 Å². The fraction of sp³-hybridized carbons (Fsp3) is 0.158. The highest BCUT2D eigenvalue weighted by atomic mass is 79.9. The number of halogens is 1. The monoisotopic (exact) mass is 435 g/mol. The van der Waals surface area contributed by atoms with Crippen LogP contribution in [-0.4, -0.2) is 22.6 Å². The molecule has 136 valence electrons. The summed E-state index contributed by atoms with van der Waals surface area (Å²) in [7, 11) is -0.643. The van der Waals surface area contributed by atoms with Crippen LogP contribution in [-0.2, 0) is 16.6 Å². The summed E-state index contributed by atoms with van der Waals surface area (Å²) in [5, 5.41) is 2.05. The van der Waals surface area contributed by atoms with Gasteiger partial charge in [-0.3, -0.25) is 0 Å². The first-order valence-corrected chi connectivity index (χ1v) is 10.1. The average molecular weight is 436 g/mol. The molecule has 5 nitrogen and oxygen atoms in total. The second kappa shape index (κ2) is 7.65. The first-order chi connectivity index (χ1) is 12.4. The molecule has 0 aliphatic rings. The number of methoxy groups -OCH3 is 2. The van der Waals surface area contributed by atoms with E-state index in [1.165, 1.54) is 13.2 Å². The van der Waals surface area contributed by atoms with Crippen LogP contribution in [0.25, 0.3) is 10.8 Å². The Hall–Kier alpha value is -2.09. The van der Waals surface area contributed by atoms with Crippen LogP contribution in [0.2, 0.25) is 0 Å². The van der Waals surface area contributed by atoms with Crippen molar-refractivity contribution in [1.29, 1.82) is 0 Å². The summed E-state index contributed by atoms with van der Waals surface area (Å²) in [6.45, 7) is 0.181. The van der Waals surface area contributed by atoms with Crippen LogP contribution < -0.4 is 14.2 Å². The normalized spacial score (nSPS) is 11.5. The minimum atomic E-state index is -3.71. The van der Waals surface area contributed by atoms with Gasteiger partial charge in [-0.25, -0.2) is 13.1 Å². The van der Waals surface area contributed by atoms with Crippen molar-refractivity contribution in [1.82, 2.24) is 4.72 Å². The fourth-order valence-electron chi connectivity index (χ4n) is 2.63. The second-order valence-electron chi connectivity index (χ2n) is 5.67. The molecule has 0 aliphatic carbocycles. The highest BCUT2D eigenvalue weighted by Gasteiger charge is 2.19. The van der Waals surface area contributed by atoms with E-state index in [9.17, 15) is 8.42 Å². The SMILES string of the molecule is COc1ccc2cc(CNS(=O)(=O)c3cc(Br)ccc3OC)ccc2c1. The quantitative estimate of drug-likeness (QED) is 0.632. The molecular formula is C19H18BrNO4S. The van der Waals surface area contributed by atoms with E-state index in [-0.39, 0.29) is 11.4 Å². The van der Waals surface area contributed by atoms with Crippen molar-refractivity contribution in [3.05, 3.63) is 64.6 Å². The minimum Gasteiger partial charge on any atom is -0.497 e. The predicted molar refractivity (Wildman–Crippen MR) is 105 cm³/mol. The van der Waals surface area contributed by atoms with Crippen molar-refractivity contribution >= 4 is 36.7 Å². The molecule has 1 N–H and O–H groups in total. The molecule has 3 rings (SSSR count). The van der Waals surface area contributed by atoms with Gasteiger partial charge in [-0.1, -0.05) is 34.1 Å². The summed E-state index contributed by atoms with van der Waals surface area (Å²) in [6.07, 6.45) is 0. The third-order valence-corrected chi connectivity index (χ3v) is 5.91. The summed E-state index contributed by atoms with van der Waals surface area (Å²) in [5.41, 5.74) is 0.861. The number of nitrogens with one attached hydrogen (secondary N) is 1. The van der Waals surface area contributed by atoms with Gasteiger partial charge in [0.1, 0.15) is 16.4 Å². The van der Waals surface area contributed by atoms with Crippen LogP contribution >= 0.6 is 15.9 Å². The maximum atomic E-state index is 12.7. The van der Waals surface area contributed by atoms with Gasteiger partial charge in [-0.2, -0.15) is 0 Å². The molecule has 0 fully saturated rings. The number of benzene rings is 3. The van der Waals surface area contributed by atoms with Crippen LogP contribution in [0.5, 0.6) is 11.5 Å². The molecule has 0 saturated heterocycles. The number of hydrogen-bond acceptors (Lipinski definition) is 4. The molecule has 7 heteroatoms. The van der Waals surface area contributed by atoms with Crippen molar-refractivity contribution in [3.63, 3.8) is 0 Å². The summed E-state index contributed by atoms with van der Waals surface area (Å²) in [6, 6.07) is 16.4. The van der Waals surface area contributed by atoms with Crippen molar-refractivity contribution in [3.8, 4) is 11.5 Å². The summed E-state index contributed by atoms with van der Waals surface area (Å²) in [5.74, 6) is 1.08. The van der Waals surface area contributed by atoms with Gasteiger partial charge in [0.25, 0.3) is 0 Å². The lowest BCUT2D eigenvalue weighted by Crippen LogP contribution is -2.23. The Kier molecular flexibility index (Phi) is 5.50. The van der Waals surface area contributed by atoms with E-state index in [4.69, 9.17) is 9.47 Å². The molecule has 0 bridgehead atoms. The zero-order valence-corrected chi connectivity index (χ0v) is 16.7. The Balaban J connectivity index is 1.84. The topological polar surface area (TPSA) is 64.6 Å². The van der Waals surface area contributed by atoms with E-state index in [1.807, 2.05) is 36.4 Å². The number of rotatable bonds is 6. The summed E-state index contributed by atoms with van der Waals surface area (Å²) in [4.78, 5) is 0.0971. The molecule has 26 heavy (non-hydrogen) atoms. The maximum Gasteiger partial charge on any atom is 0.244 e. The van der Waals surface area contributed by atoms with Gasteiger partial charge < -0.3 is 9.47 Å². The summed E-state index contributed by atoms with van der Waals surface area (Å²) >= 11 is 3.29. The Morgan fingerprint density at radius 1 is 0.923 bits per heavy atom. The third-order valence-electron chi connectivity index (χ3n) is 3.99. The molecule has 3 aromatic carbocycles. The summed E-state index contributed by atoms with van der Waals surface area (Å²) < 4.78 is 39.0. The highest BCUT2D eigenvalue weighted by Crippen LogP contribution is 2.27.